The molecule has 5 heteroatoms. The standard InChI is InChI=1S/C17H21N3O2/c1-20(11-9-15-7-4-5-10-19-15)17(21)13-22-16-8-3-2-6-14(16)12-18/h2-8,10H,9,11-13,18H2,1H3. The second-order valence-corrected chi connectivity index (χ2v) is 4.99. The highest BCUT2D eigenvalue weighted by Crippen LogP contribution is 2.16. The van der Waals surface area contributed by atoms with Crippen LogP contribution >= 0.6 is 0 Å². The number of rotatable bonds is 7. The lowest BCUT2D eigenvalue weighted by Crippen LogP contribution is -2.33. The first-order chi connectivity index (χ1) is 10.7. The largest absolute Gasteiger partial charge is 0.483 e. The highest BCUT2D eigenvalue weighted by molar-refractivity contribution is 5.77. The van der Waals surface area contributed by atoms with Crippen molar-refractivity contribution in [1.82, 2.24) is 9.88 Å². The normalized spacial score (nSPS) is 10.3. The molecule has 0 atom stereocenters. The molecular formula is C17H21N3O2. The summed E-state index contributed by atoms with van der Waals surface area (Å²) in [5.74, 6) is 0.597. The highest BCUT2D eigenvalue weighted by Gasteiger charge is 2.11. The topological polar surface area (TPSA) is 68.5 Å². The number of hydrogen-bond acceptors (Lipinski definition) is 4. The van der Waals surface area contributed by atoms with Gasteiger partial charge in [-0.25, -0.2) is 0 Å². The fraction of sp³-hybridized carbons (Fsp3) is 0.294. The first-order valence-electron chi connectivity index (χ1n) is 7.25. The Morgan fingerprint density at radius 3 is 2.73 bits per heavy atom. The molecule has 0 bridgehead atoms. The molecule has 0 unspecified atom stereocenters. The molecule has 1 aromatic heterocycles. The van der Waals surface area contributed by atoms with Crippen molar-refractivity contribution < 1.29 is 9.53 Å². The van der Waals surface area contributed by atoms with Gasteiger partial charge in [0.15, 0.2) is 6.61 Å². The number of nitrogens with two attached hydrogens (primary N) is 1. The van der Waals surface area contributed by atoms with Gasteiger partial charge in [0.1, 0.15) is 5.75 Å². The number of nitrogens with zero attached hydrogens (tertiary/aromatic N) is 2. The molecule has 0 aliphatic rings. The summed E-state index contributed by atoms with van der Waals surface area (Å²) in [5.41, 5.74) is 7.51. The minimum Gasteiger partial charge on any atom is -0.483 e. The zero-order valence-electron chi connectivity index (χ0n) is 12.7. The SMILES string of the molecule is CN(CCc1ccccn1)C(=O)COc1ccccc1CN. The number of carbonyl (C=O) groups is 1. The van der Waals surface area contributed by atoms with Crippen LogP contribution in [0.4, 0.5) is 0 Å². The van der Waals surface area contributed by atoms with Crippen LogP contribution in [0.2, 0.25) is 0 Å². The summed E-state index contributed by atoms with van der Waals surface area (Å²) in [7, 11) is 1.77. The quantitative estimate of drug-likeness (QED) is 0.843. The second kappa shape index (κ2) is 8.14. The summed E-state index contributed by atoms with van der Waals surface area (Å²) < 4.78 is 5.58. The molecule has 0 fully saturated rings. The maximum atomic E-state index is 12.1. The average Bonchev–Trinajstić information content (AvgIpc) is 2.58. The van der Waals surface area contributed by atoms with Gasteiger partial charge < -0.3 is 15.4 Å². The van der Waals surface area contributed by atoms with Crippen LogP contribution in [-0.4, -0.2) is 36.0 Å². The molecule has 2 rings (SSSR count). The van der Waals surface area contributed by atoms with Crippen molar-refractivity contribution in [3.63, 3.8) is 0 Å². The van der Waals surface area contributed by atoms with Gasteiger partial charge in [0, 0.05) is 44.0 Å². The third-order valence-corrected chi connectivity index (χ3v) is 3.40. The third kappa shape index (κ3) is 4.56. The van der Waals surface area contributed by atoms with Crippen molar-refractivity contribution in [2.24, 2.45) is 5.73 Å². The molecule has 5 nitrogen and oxygen atoms in total. The van der Waals surface area contributed by atoms with Gasteiger partial charge in [0.25, 0.3) is 5.91 Å². The molecule has 0 saturated carbocycles. The molecular weight excluding hydrogens is 278 g/mol. The van der Waals surface area contributed by atoms with Crippen LogP contribution in [-0.2, 0) is 17.8 Å². The van der Waals surface area contributed by atoms with E-state index in [4.69, 9.17) is 10.5 Å². The van der Waals surface area contributed by atoms with Gasteiger partial charge in [-0.05, 0) is 18.2 Å². The van der Waals surface area contributed by atoms with Gasteiger partial charge in [-0.15, -0.1) is 0 Å². The molecule has 0 radical (unpaired) electrons. The van der Waals surface area contributed by atoms with Crippen LogP contribution < -0.4 is 10.5 Å². The van der Waals surface area contributed by atoms with E-state index in [2.05, 4.69) is 4.98 Å². The number of pyridine rings is 1. The maximum absolute atomic E-state index is 12.1. The van der Waals surface area contributed by atoms with Gasteiger partial charge >= 0.3 is 0 Å². The fourth-order valence-electron chi connectivity index (χ4n) is 2.02. The Balaban J connectivity index is 1.81. The summed E-state index contributed by atoms with van der Waals surface area (Å²) in [6.45, 7) is 1.01. The van der Waals surface area contributed by atoms with E-state index in [0.717, 1.165) is 17.7 Å². The molecule has 2 N–H and O–H groups in total. The third-order valence-electron chi connectivity index (χ3n) is 3.40. The van der Waals surface area contributed by atoms with Crippen molar-refractivity contribution in [2.75, 3.05) is 20.2 Å². The number of likely N-dealkylation sites (N-methyl/N-ethyl adjacent to an activating group) is 1. The Hall–Kier alpha value is -2.40. The number of aromatic nitrogens is 1. The summed E-state index contributed by atoms with van der Waals surface area (Å²) in [4.78, 5) is 18.0. The first-order valence-corrected chi connectivity index (χ1v) is 7.25. The Morgan fingerprint density at radius 2 is 2.00 bits per heavy atom. The second-order valence-electron chi connectivity index (χ2n) is 4.99. The lowest BCUT2D eigenvalue weighted by Gasteiger charge is -2.18. The first kappa shape index (κ1) is 16.0. The minimum absolute atomic E-state index is 0.00965. The zero-order chi connectivity index (χ0) is 15.8. The average molecular weight is 299 g/mol. The van der Waals surface area contributed by atoms with E-state index >= 15 is 0 Å². The molecule has 116 valence electrons. The van der Waals surface area contributed by atoms with Crippen molar-refractivity contribution in [3.05, 3.63) is 59.9 Å². The molecule has 1 heterocycles. The van der Waals surface area contributed by atoms with Crippen molar-refractivity contribution in [1.29, 1.82) is 0 Å². The molecule has 2 aromatic rings. The Kier molecular flexibility index (Phi) is 5.91. The summed E-state index contributed by atoms with van der Waals surface area (Å²) in [6.07, 6.45) is 2.48. The number of amides is 1. The van der Waals surface area contributed by atoms with Gasteiger partial charge in [0.2, 0.25) is 0 Å². The monoisotopic (exact) mass is 299 g/mol. The summed E-state index contributed by atoms with van der Waals surface area (Å²) >= 11 is 0. The molecule has 1 aromatic carbocycles. The van der Waals surface area contributed by atoms with Crippen LogP contribution in [0.15, 0.2) is 48.7 Å². The predicted octanol–water partition coefficient (Wildman–Crippen LogP) is 1.62. The summed E-state index contributed by atoms with van der Waals surface area (Å²) in [6, 6.07) is 13.2. The lowest BCUT2D eigenvalue weighted by atomic mass is 10.2. The fourth-order valence-corrected chi connectivity index (χ4v) is 2.02. The minimum atomic E-state index is -0.0669. The van der Waals surface area contributed by atoms with Crippen LogP contribution in [0.25, 0.3) is 0 Å². The Labute approximate surface area is 130 Å². The van der Waals surface area contributed by atoms with E-state index in [9.17, 15) is 4.79 Å². The summed E-state index contributed by atoms with van der Waals surface area (Å²) in [5, 5.41) is 0. The molecule has 0 spiro atoms. The van der Waals surface area contributed by atoms with Crippen molar-refractivity contribution >= 4 is 5.91 Å². The molecule has 0 aliphatic heterocycles. The van der Waals surface area contributed by atoms with Gasteiger partial charge in [-0.2, -0.15) is 0 Å². The van der Waals surface area contributed by atoms with Gasteiger partial charge in [-0.1, -0.05) is 24.3 Å². The Bertz CT molecular complexity index is 602. The van der Waals surface area contributed by atoms with E-state index in [1.54, 1.807) is 18.1 Å². The maximum Gasteiger partial charge on any atom is 0.260 e. The zero-order valence-corrected chi connectivity index (χ0v) is 12.7. The number of hydrogen-bond donors (Lipinski definition) is 1. The molecule has 0 saturated heterocycles. The van der Waals surface area contributed by atoms with Crippen LogP contribution in [0.5, 0.6) is 5.75 Å². The predicted molar refractivity (Wildman–Crippen MR) is 85.4 cm³/mol. The Morgan fingerprint density at radius 1 is 1.23 bits per heavy atom. The molecule has 0 aliphatic carbocycles. The number of carbonyl (C=O) groups excluding carboxylic acids is 1. The van der Waals surface area contributed by atoms with Crippen molar-refractivity contribution in [2.45, 2.75) is 13.0 Å². The van der Waals surface area contributed by atoms with Crippen LogP contribution in [0.1, 0.15) is 11.3 Å². The van der Waals surface area contributed by atoms with E-state index in [0.29, 0.717) is 18.8 Å². The lowest BCUT2D eigenvalue weighted by molar-refractivity contribution is -0.132. The number of para-hydroxylation sites is 1. The highest BCUT2D eigenvalue weighted by atomic mass is 16.5. The van der Waals surface area contributed by atoms with Crippen LogP contribution in [0, 0.1) is 0 Å². The van der Waals surface area contributed by atoms with Crippen LogP contribution in [0.3, 0.4) is 0 Å². The van der Waals surface area contributed by atoms with Gasteiger partial charge in [-0.3, -0.25) is 9.78 Å². The molecule has 22 heavy (non-hydrogen) atoms. The smallest absolute Gasteiger partial charge is 0.260 e. The molecule has 1 amide bonds. The van der Waals surface area contributed by atoms with E-state index in [1.807, 2.05) is 42.5 Å². The number of benzene rings is 1. The van der Waals surface area contributed by atoms with E-state index in [-0.39, 0.29) is 12.5 Å². The number of ether oxygens (including phenoxy) is 1. The van der Waals surface area contributed by atoms with E-state index < -0.39 is 0 Å². The van der Waals surface area contributed by atoms with Gasteiger partial charge in [0.05, 0.1) is 0 Å². The van der Waals surface area contributed by atoms with Crippen molar-refractivity contribution in [3.8, 4) is 5.75 Å². The van der Waals surface area contributed by atoms with E-state index in [1.165, 1.54) is 0 Å².